The minimum absolute atomic E-state index is 0.187. The summed E-state index contributed by atoms with van der Waals surface area (Å²) in [6.45, 7) is 0. The Morgan fingerprint density at radius 3 is 1.30 bits per heavy atom. The third kappa shape index (κ3) is 1.59. The molecule has 4 rings (SSSR count). The van der Waals surface area contributed by atoms with Crippen LogP contribution in [-0.2, 0) is 15.6 Å². The zero-order valence-electron chi connectivity index (χ0n) is 11.5. The summed E-state index contributed by atoms with van der Waals surface area (Å²) in [6.07, 6.45) is 4.07. The van der Waals surface area contributed by atoms with Crippen LogP contribution in [0, 0.1) is 0 Å². The van der Waals surface area contributed by atoms with E-state index in [1.165, 1.54) is 11.1 Å². The number of rotatable bonds is 4. The van der Waals surface area contributed by atoms with E-state index >= 15 is 0 Å². The molecule has 2 fully saturated rings. The van der Waals surface area contributed by atoms with Crippen LogP contribution < -0.4 is 0 Å². The normalized spacial score (nSPS) is 21.2. The molecule has 2 aromatic carbocycles. The van der Waals surface area contributed by atoms with Crippen LogP contribution in [0.25, 0.3) is 0 Å². The number of carbonyl (C=O) groups excluding carboxylic acids is 1. The Hall–Kier alpha value is -1.89. The number of ketones is 1. The highest BCUT2D eigenvalue weighted by molar-refractivity contribution is 6.03. The topological polar surface area (TPSA) is 17.1 Å². The molecule has 20 heavy (non-hydrogen) atoms. The Morgan fingerprint density at radius 2 is 1.00 bits per heavy atom. The Morgan fingerprint density at radius 1 is 0.650 bits per heavy atom. The lowest BCUT2D eigenvalue weighted by molar-refractivity contribution is -0.124. The highest BCUT2D eigenvalue weighted by Crippen LogP contribution is 2.60. The maximum atomic E-state index is 13.2. The summed E-state index contributed by atoms with van der Waals surface area (Å²) in [5.41, 5.74) is 2.06. The summed E-state index contributed by atoms with van der Waals surface area (Å²) in [4.78, 5) is 13.2. The van der Waals surface area contributed by atoms with Gasteiger partial charge in [-0.05, 0) is 36.8 Å². The number of hydrogen-bond acceptors (Lipinski definition) is 1. The molecule has 0 heterocycles. The maximum absolute atomic E-state index is 13.2. The van der Waals surface area contributed by atoms with Gasteiger partial charge in [0.05, 0.1) is 10.8 Å². The van der Waals surface area contributed by atoms with Crippen molar-refractivity contribution in [2.24, 2.45) is 0 Å². The van der Waals surface area contributed by atoms with Gasteiger partial charge in [0.1, 0.15) is 0 Å². The van der Waals surface area contributed by atoms with E-state index in [0.717, 1.165) is 25.7 Å². The van der Waals surface area contributed by atoms with Crippen LogP contribution in [0.3, 0.4) is 0 Å². The van der Waals surface area contributed by atoms with E-state index in [-0.39, 0.29) is 10.8 Å². The van der Waals surface area contributed by atoms with Gasteiger partial charge in [-0.1, -0.05) is 60.7 Å². The molecule has 0 atom stereocenters. The van der Waals surface area contributed by atoms with E-state index < -0.39 is 0 Å². The number of Topliss-reactive ketones (excluding diaryl/α,β-unsaturated/α-hetero) is 1. The molecule has 2 saturated carbocycles. The van der Waals surface area contributed by atoms with Gasteiger partial charge >= 0.3 is 0 Å². The zero-order valence-corrected chi connectivity index (χ0v) is 11.5. The second-order valence-electron chi connectivity index (χ2n) is 6.23. The van der Waals surface area contributed by atoms with Gasteiger partial charge in [0.2, 0.25) is 0 Å². The molecule has 1 nitrogen and oxygen atoms in total. The van der Waals surface area contributed by atoms with E-state index in [1.807, 2.05) is 36.4 Å². The smallest absolute Gasteiger partial charge is 0.153 e. The van der Waals surface area contributed by atoms with E-state index in [1.54, 1.807) is 0 Å². The Bertz CT molecular complexity index is 576. The summed E-state index contributed by atoms with van der Waals surface area (Å²) in [5, 5.41) is 0. The van der Waals surface area contributed by atoms with E-state index in [4.69, 9.17) is 0 Å². The molecule has 0 aliphatic heterocycles. The van der Waals surface area contributed by atoms with Crippen LogP contribution in [0.15, 0.2) is 60.7 Å². The quantitative estimate of drug-likeness (QED) is 0.813. The van der Waals surface area contributed by atoms with Crippen molar-refractivity contribution in [2.75, 3.05) is 0 Å². The van der Waals surface area contributed by atoms with Crippen LogP contribution in [0.2, 0.25) is 0 Å². The van der Waals surface area contributed by atoms with Gasteiger partial charge < -0.3 is 0 Å². The zero-order chi connectivity index (χ0) is 13.6. The van der Waals surface area contributed by atoms with Crippen LogP contribution in [0.1, 0.15) is 36.8 Å². The van der Waals surface area contributed by atoms with Crippen molar-refractivity contribution in [3.05, 3.63) is 71.8 Å². The second kappa shape index (κ2) is 4.05. The first kappa shape index (κ1) is 11.9. The standard InChI is InChI=1S/C19H18O/c20-17(18(11-12-18)15-7-3-1-4-8-15)19(13-14-19)16-9-5-2-6-10-16/h1-10H,11-14H2. The third-order valence-corrected chi connectivity index (χ3v) is 5.02. The Labute approximate surface area is 119 Å². The second-order valence-corrected chi connectivity index (χ2v) is 6.23. The molecule has 2 aliphatic rings. The van der Waals surface area contributed by atoms with Crippen LogP contribution in [0.4, 0.5) is 0 Å². The lowest BCUT2D eigenvalue weighted by Crippen LogP contribution is -2.32. The minimum Gasteiger partial charge on any atom is -0.298 e. The lowest BCUT2D eigenvalue weighted by atomic mass is 9.79. The molecule has 0 aromatic heterocycles. The van der Waals surface area contributed by atoms with Crippen LogP contribution in [-0.4, -0.2) is 5.78 Å². The van der Waals surface area contributed by atoms with Crippen LogP contribution in [0.5, 0.6) is 0 Å². The number of carbonyl (C=O) groups is 1. The number of hydrogen-bond donors (Lipinski definition) is 0. The van der Waals surface area contributed by atoms with Gasteiger partial charge in [-0.2, -0.15) is 0 Å². The highest BCUT2D eigenvalue weighted by Gasteiger charge is 2.62. The summed E-state index contributed by atoms with van der Waals surface area (Å²) in [5.74, 6) is 0.461. The van der Waals surface area contributed by atoms with E-state index in [2.05, 4.69) is 24.3 Å². The molecule has 2 aromatic rings. The summed E-state index contributed by atoms with van der Waals surface area (Å²) >= 11 is 0. The molecule has 0 radical (unpaired) electrons. The average Bonchev–Trinajstić information content (AvgIpc) is 3.42. The molecule has 100 valence electrons. The van der Waals surface area contributed by atoms with Gasteiger partial charge in [0.15, 0.2) is 5.78 Å². The fourth-order valence-electron chi connectivity index (χ4n) is 3.52. The fourth-order valence-corrected chi connectivity index (χ4v) is 3.52. The highest BCUT2D eigenvalue weighted by atomic mass is 16.1. The van der Waals surface area contributed by atoms with E-state index in [0.29, 0.717) is 5.78 Å². The van der Waals surface area contributed by atoms with Crippen molar-refractivity contribution in [3.8, 4) is 0 Å². The fraction of sp³-hybridized carbons (Fsp3) is 0.316. The van der Waals surface area contributed by atoms with Crippen LogP contribution >= 0.6 is 0 Å². The first-order chi connectivity index (χ1) is 9.78. The first-order valence-corrected chi connectivity index (χ1v) is 7.44. The predicted octanol–water partition coefficient (Wildman–Crippen LogP) is 4.02. The molecule has 0 bridgehead atoms. The molecule has 0 spiro atoms. The summed E-state index contributed by atoms with van der Waals surface area (Å²) in [7, 11) is 0. The molecule has 0 N–H and O–H groups in total. The SMILES string of the molecule is O=C(C1(c2ccccc2)CC1)C1(c2ccccc2)CC1. The molecule has 0 saturated heterocycles. The molecular formula is C19H18O. The summed E-state index contributed by atoms with van der Waals surface area (Å²) < 4.78 is 0. The molecule has 0 unspecified atom stereocenters. The summed E-state index contributed by atoms with van der Waals surface area (Å²) in [6, 6.07) is 20.7. The molecule has 0 amide bonds. The maximum Gasteiger partial charge on any atom is 0.153 e. The Kier molecular flexibility index (Phi) is 2.41. The van der Waals surface area contributed by atoms with Crippen molar-refractivity contribution in [3.63, 3.8) is 0 Å². The van der Waals surface area contributed by atoms with Gasteiger partial charge in [-0.15, -0.1) is 0 Å². The van der Waals surface area contributed by atoms with E-state index in [9.17, 15) is 4.79 Å². The third-order valence-electron chi connectivity index (χ3n) is 5.02. The van der Waals surface area contributed by atoms with Crippen molar-refractivity contribution in [1.82, 2.24) is 0 Å². The van der Waals surface area contributed by atoms with Crippen molar-refractivity contribution in [1.29, 1.82) is 0 Å². The average molecular weight is 262 g/mol. The van der Waals surface area contributed by atoms with Gasteiger partial charge in [0.25, 0.3) is 0 Å². The minimum atomic E-state index is -0.187. The van der Waals surface area contributed by atoms with Crippen molar-refractivity contribution >= 4 is 5.78 Å². The Balaban J connectivity index is 1.72. The van der Waals surface area contributed by atoms with Crippen molar-refractivity contribution < 1.29 is 4.79 Å². The lowest BCUT2D eigenvalue weighted by Gasteiger charge is -2.22. The van der Waals surface area contributed by atoms with Gasteiger partial charge in [-0.3, -0.25) is 4.79 Å². The first-order valence-electron chi connectivity index (χ1n) is 7.44. The molecule has 2 aliphatic carbocycles. The number of benzene rings is 2. The largest absolute Gasteiger partial charge is 0.298 e. The predicted molar refractivity (Wildman–Crippen MR) is 79.7 cm³/mol. The molecule has 1 heteroatoms. The molecular weight excluding hydrogens is 244 g/mol. The monoisotopic (exact) mass is 262 g/mol. The van der Waals surface area contributed by atoms with Gasteiger partial charge in [-0.25, -0.2) is 0 Å². The van der Waals surface area contributed by atoms with Gasteiger partial charge in [0, 0.05) is 0 Å². The van der Waals surface area contributed by atoms with Crippen molar-refractivity contribution in [2.45, 2.75) is 36.5 Å².